The Hall–Kier alpha value is -2.65. The fraction of sp³-hybridized carbons (Fsp3) is 0.222. The number of benzene rings is 1. The van der Waals surface area contributed by atoms with Gasteiger partial charge < -0.3 is 14.6 Å². The van der Waals surface area contributed by atoms with Crippen molar-refractivity contribution in [1.29, 1.82) is 0 Å². The molecule has 0 saturated heterocycles. The SMILES string of the molecule is CCn1c(SCC(=O)Nc2nc3ccc(OC)cc3s2)nc2cccnc21. The fourth-order valence-corrected chi connectivity index (χ4v) is 4.48. The number of anilines is 1. The molecule has 27 heavy (non-hydrogen) atoms. The van der Waals surface area contributed by atoms with Crippen molar-refractivity contribution in [2.75, 3.05) is 18.2 Å². The number of rotatable bonds is 6. The first-order chi connectivity index (χ1) is 13.2. The van der Waals surface area contributed by atoms with Gasteiger partial charge in [-0.2, -0.15) is 0 Å². The van der Waals surface area contributed by atoms with E-state index in [4.69, 9.17) is 4.74 Å². The van der Waals surface area contributed by atoms with Gasteiger partial charge in [0.1, 0.15) is 11.3 Å². The van der Waals surface area contributed by atoms with Crippen LogP contribution in [0.2, 0.25) is 0 Å². The molecule has 7 nitrogen and oxygen atoms in total. The van der Waals surface area contributed by atoms with E-state index in [1.165, 1.54) is 23.1 Å². The van der Waals surface area contributed by atoms with Gasteiger partial charge >= 0.3 is 0 Å². The fourth-order valence-electron chi connectivity index (χ4n) is 2.70. The van der Waals surface area contributed by atoms with Crippen molar-refractivity contribution in [3.05, 3.63) is 36.5 Å². The summed E-state index contributed by atoms with van der Waals surface area (Å²) >= 11 is 2.82. The van der Waals surface area contributed by atoms with Gasteiger partial charge in [0.2, 0.25) is 5.91 Å². The lowest BCUT2D eigenvalue weighted by Gasteiger charge is -2.04. The molecule has 0 atom stereocenters. The Labute approximate surface area is 163 Å². The molecular weight excluding hydrogens is 382 g/mol. The number of aromatic nitrogens is 4. The Kier molecular flexibility index (Phi) is 4.95. The molecule has 3 aromatic heterocycles. The molecule has 0 aliphatic rings. The van der Waals surface area contributed by atoms with E-state index in [1.807, 2.05) is 41.8 Å². The molecule has 3 heterocycles. The second-order valence-corrected chi connectivity index (χ2v) is 7.65. The number of imidazole rings is 1. The zero-order chi connectivity index (χ0) is 18.8. The molecule has 0 unspecified atom stereocenters. The average molecular weight is 400 g/mol. The lowest BCUT2D eigenvalue weighted by atomic mass is 10.3. The minimum Gasteiger partial charge on any atom is -0.497 e. The maximum atomic E-state index is 12.4. The highest BCUT2D eigenvalue weighted by atomic mass is 32.2. The van der Waals surface area contributed by atoms with E-state index in [-0.39, 0.29) is 11.7 Å². The molecule has 0 bridgehead atoms. The molecular formula is C18H17N5O2S2. The van der Waals surface area contributed by atoms with Crippen molar-refractivity contribution in [1.82, 2.24) is 19.5 Å². The Morgan fingerprint density at radius 2 is 2.19 bits per heavy atom. The van der Waals surface area contributed by atoms with Crippen LogP contribution in [-0.4, -0.2) is 38.3 Å². The van der Waals surface area contributed by atoms with Gasteiger partial charge in [-0.05, 0) is 37.3 Å². The minimum absolute atomic E-state index is 0.117. The number of aryl methyl sites for hydroxylation is 1. The third-order valence-corrected chi connectivity index (χ3v) is 5.87. The number of thioether (sulfide) groups is 1. The number of carbonyl (C=O) groups excluding carboxylic acids is 1. The summed E-state index contributed by atoms with van der Waals surface area (Å²) in [6.45, 7) is 2.78. The molecule has 0 radical (unpaired) electrons. The summed E-state index contributed by atoms with van der Waals surface area (Å²) in [5.74, 6) is 0.906. The third-order valence-electron chi connectivity index (χ3n) is 3.96. The van der Waals surface area contributed by atoms with Crippen LogP contribution in [0.3, 0.4) is 0 Å². The standard InChI is InChI=1S/C18H17N5O2S2/c1-3-23-16-13(5-4-8-19-16)21-18(23)26-10-15(24)22-17-20-12-7-6-11(25-2)9-14(12)27-17/h4-9H,3,10H2,1-2H3,(H,20,22,24). The number of nitrogens with zero attached hydrogens (tertiary/aromatic N) is 4. The summed E-state index contributed by atoms with van der Waals surface area (Å²) in [4.78, 5) is 25.7. The quantitative estimate of drug-likeness (QED) is 0.497. The van der Waals surface area contributed by atoms with Crippen LogP contribution in [0, 0.1) is 0 Å². The molecule has 1 aromatic carbocycles. The highest BCUT2D eigenvalue weighted by Gasteiger charge is 2.14. The molecule has 1 amide bonds. The Bertz CT molecular complexity index is 1120. The zero-order valence-corrected chi connectivity index (χ0v) is 16.4. The van der Waals surface area contributed by atoms with Gasteiger partial charge in [0.25, 0.3) is 0 Å². The number of nitrogens with one attached hydrogen (secondary N) is 1. The Morgan fingerprint density at radius 1 is 1.30 bits per heavy atom. The molecule has 0 aliphatic heterocycles. The van der Waals surface area contributed by atoms with E-state index in [0.29, 0.717) is 5.13 Å². The molecule has 1 N–H and O–H groups in total. The summed E-state index contributed by atoms with van der Waals surface area (Å²) in [6.07, 6.45) is 1.75. The van der Waals surface area contributed by atoms with Crippen LogP contribution < -0.4 is 10.1 Å². The zero-order valence-electron chi connectivity index (χ0n) is 14.8. The largest absolute Gasteiger partial charge is 0.497 e. The topological polar surface area (TPSA) is 81.9 Å². The van der Waals surface area contributed by atoms with Crippen LogP contribution in [-0.2, 0) is 11.3 Å². The van der Waals surface area contributed by atoms with Gasteiger partial charge in [0.05, 0.1) is 23.1 Å². The average Bonchev–Trinajstić information content (AvgIpc) is 3.25. The van der Waals surface area contributed by atoms with E-state index in [1.54, 1.807) is 13.3 Å². The minimum atomic E-state index is -0.117. The third kappa shape index (κ3) is 3.60. The maximum Gasteiger partial charge on any atom is 0.236 e. The number of thiazole rings is 1. The molecule has 4 aromatic rings. The molecule has 0 spiro atoms. The number of carbonyl (C=O) groups is 1. The van der Waals surface area contributed by atoms with Crippen LogP contribution in [0.5, 0.6) is 5.75 Å². The van der Waals surface area contributed by atoms with E-state index in [0.717, 1.165) is 38.8 Å². The van der Waals surface area contributed by atoms with Gasteiger partial charge in [-0.3, -0.25) is 4.79 Å². The number of pyridine rings is 1. The second-order valence-electron chi connectivity index (χ2n) is 5.67. The molecule has 9 heteroatoms. The number of hydrogen-bond acceptors (Lipinski definition) is 7. The molecule has 4 rings (SSSR count). The molecule has 0 fully saturated rings. The van der Waals surface area contributed by atoms with Gasteiger partial charge in [-0.25, -0.2) is 15.0 Å². The highest BCUT2D eigenvalue weighted by Crippen LogP contribution is 2.29. The first-order valence-corrected chi connectivity index (χ1v) is 10.2. The summed E-state index contributed by atoms with van der Waals surface area (Å²) in [5.41, 5.74) is 2.51. The second kappa shape index (κ2) is 7.53. The van der Waals surface area contributed by atoms with Gasteiger partial charge in [0.15, 0.2) is 15.9 Å². The van der Waals surface area contributed by atoms with Gasteiger partial charge in [0, 0.05) is 12.7 Å². The molecule has 0 saturated carbocycles. The molecule has 0 aliphatic carbocycles. The highest BCUT2D eigenvalue weighted by molar-refractivity contribution is 7.99. The monoisotopic (exact) mass is 399 g/mol. The van der Waals surface area contributed by atoms with Crippen molar-refractivity contribution in [2.24, 2.45) is 0 Å². The summed E-state index contributed by atoms with van der Waals surface area (Å²) < 4.78 is 8.20. The van der Waals surface area contributed by atoms with Gasteiger partial charge in [-0.15, -0.1) is 0 Å². The van der Waals surface area contributed by atoms with E-state index in [9.17, 15) is 4.79 Å². The number of ether oxygens (including phenoxy) is 1. The van der Waals surface area contributed by atoms with Crippen LogP contribution in [0.1, 0.15) is 6.92 Å². The van der Waals surface area contributed by atoms with Crippen LogP contribution in [0.15, 0.2) is 41.7 Å². The number of fused-ring (bicyclic) bond motifs is 2. The van der Waals surface area contributed by atoms with Crippen LogP contribution in [0.25, 0.3) is 21.4 Å². The van der Waals surface area contributed by atoms with E-state index >= 15 is 0 Å². The number of methoxy groups -OCH3 is 1. The van der Waals surface area contributed by atoms with Gasteiger partial charge in [-0.1, -0.05) is 23.1 Å². The predicted octanol–water partition coefficient (Wildman–Crippen LogP) is 3.80. The van der Waals surface area contributed by atoms with Crippen molar-refractivity contribution < 1.29 is 9.53 Å². The number of amides is 1. The van der Waals surface area contributed by atoms with Crippen molar-refractivity contribution in [2.45, 2.75) is 18.6 Å². The first-order valence-electron chi connectivity index (χ1n) is 8.36. The summed E-state index contributed by atoms with van der Waals surface area (Å²) in [5, 5.41) is 4.23. The Morgan fingerprint density at radius 3 is 3.00 bits per heavy atom. The smallest absolute Gasteiger partial charge is 0.236 e. The van der Waals surface area contributed by atoms with Crippen molar-refractivity contribution in [3.63, 3.8) is 0 Å². The van der Waals surface area contributed by atoms with Crippen LogP contribution >= 0.6 is 23.1 Å². The predicted molar refractivity (Wildman–Crippen MR) is 109 cm³/mol. The summed E-state index contributed by atoms with van der Waals surface area (Å²) in [6, 6.07) is 9.43. The first kappa shape index (κ1) is 17.7. The maximum absolute atomic E-state index is 12.4. The lowest BCUT2D eigenvalue weighted by molar-refractivity contribution is -0.113. The normalized spacial score (nSPS) is 11.2. The lowest BCUT2D eigenvalue weighted by Crippen LogP contribution is -2.14. The van der Waals surface area contributed by atoms with Crippen molar-refractivity contribution in [3.8, 4) is 5.75 Å². The van der Waals surface area contributed by atoms with E-state index in [2.05, 4.69) is 20.3 Å². The number of hydrogen-bond donors (Lipinski definition) is 1. The molecule has 138 valence electrons. The summed E-state index contributed by atoms with van der Waals surface area (Å²) in [7, 11) is 1.63. The van der Waals surface area contributed by atoms with Crippen molar-refractivity contribution >= 4 is 55.5 Å². The van der Waals surface area contributed by atoms with E-state index < -0.39 is 0 Å². The Balaban J connectivity index is 1.45. The van der Waals surface area contributed by atoms with Crippen LogP contribution in [0.4, 0.5) is 5.13 Å².